The van der Waals surface area contributed by atoms with Gasteiger partial charge in [0, 0.05) is 24.2 Å². The number of amides is 1. The maximum absolute atomic E-state index is 11.2. The lowest BCUT2D eigenvalue weighted by Gasteiger charge is -2.32. The summed E-state index contributed by atoms with van der Waals surface area (Å²) in [7, 11) is 0. The van der Waals surface area contributed by atoms with E-state index < -0.39 is 6.09 Å². The largest absolute Gasteiger partial charge is 0.465 e. The number of thiazole rings is 1. The second kappa shape index (κ2) is 9.88. The molecule has 0 unspecified atom stereocenters. The number of aromatic nitrogens is 5. The lowest BCUT2D eigenvalue weighted by Crippen LogP contribution is -2.33. The SMILES string of the molecule is CC1CCC(Cn2c(-c3nccs3)nc3nc(C(=N)NC(=O)O)nc(N[C@H](C)C4CCC4)c32)CC1. The Morgan fingerprint density at radius 3 is 2.63 bits per heavy atom. The first kappa shape index (κ1) is 23.7. The van der Waals surface area contributed by atoms with E-state index >= 15 is 0 Å². The molecule has 11 heteroatoms. The molecule has 3 heterocycles. The minimum atomic E-state index is -1.32. The Hall–Kier alpha value is -3.08. The van der Waals surface area contributed by atoms with Crippen molar-refractivity contribution in [1.82, 2.24) is 29.8 Å². The molecular formula is C24H32N8O2S. The van der Waals surface area contributed by atoms with Crippen molar-refractivity contribution in [3.63, 3.8) is 0 Å². The number of carbonyl (C=O) groups is 1. The number of carboxylic acid groups (broad SMARTS) is 1. The number of nitrogens with one attached hydrogen (secondary N) is 3. The Bertz CT molecular complexity index is 1210. The van der Waals surface area contributed by atoms with Gasteiger partial charge in [-0.05, 0) is 50.4 Å². The second-order valence-corrected chi connectivity index (χ2v) is 10.9. The van der Waals surface area contributed by atoms with Gasteiger partial charge in [0.15, 0.2) is 34.0 Å². The number of anilines is 1. The minimum Gasteiger partial charge on any atom is -0.465 e. The summed E-state index contributed by atoms with van der Waals surface area (Å²) in [6.07, 6.45) is 8.84. The summed E-state index contributed by atoms with van der Waals surface area (Å²) in [6, 6.07) is 0.193. The van der Waals surface area contributed by atoms with Gasteiger partial charge in [0.1, 0.15) is 5.52 Å². The summed E-state index contributed by atoms with van der Waals surface area (Å²) in [5.41, 5.74) is 1.25. The van der Waals surface area contributed by atoms with Gasteiger partial charge >= 0.3 is 6.09 Å². The Kier molecular flexibility index (Phi) is 6.68. The molecule has 4 N–H and O–H groups in total. The molecule has 35 heavy (non-hydrogen) atoms. The maximum Gasteiger partial charge on any atom is 0.410 e. The first-order valence-electron chi connectivity index (χ1n) is 12.4. The lowest BCUT2D eigenvalue weighted by molar-refractivity contribution is 0.200. The molecule has 1 amide bonds. The van der Waals surface area contributed by atoms with Crippen molar-refractivity contribution in [1.29, 1.82) is 5.41 Å². The number of hydrogen-bond donors (Lipinski definition) is 4. The predicted molar refractivity (Wildman–Crippen MR) is 136 cm³/mol. The third-order valence-corrected chi connectivity index (χ3v) is 8.25. The molecule has 0 saturated heterocycles. The van der Waals surface area contributed by atoms with Gasteiger partial charge in [-0.2, -0.15) is 0 Å². The molecule has 2 saturated carbocycles. The van der Waals surface area contributed by atoms with Crippen LogP contribution >= 0.6 is 11.3 Å². The molecule has 1 atom stereocenters. The Labute approximate surface area is 208 Å². The first-order chi connectivity index (χ1) is 16.9. The fourth-order valence-corrected chi connectivity index (χ4v) is 5.76. The van der Waals surface area contributed by atoms with Crippen molar-refractivity contribution >= 4 is 40.2 Å². The predicted octanol–water partition coefficient (Wildman–Crippen LogP) is 4.97. The normalized spacial score (nSPS) is 21.4. The summed E-state index contributed by atoms with van der Waals surface area (Å²) < 4.78 is 2.20. The topological polar surface area (TPSA) is 142 Å². The highest BCUT2D eigenvalue weighted by Gasteiger charge is 2.29. The molecule has 3 aromatic heterocycles. The van der Waals surface area contributed by atoms with Crippen LogP contribution in [0.5, 0.6) is 0 Å². The number of rotatable bonds is 7. The van der Waals surface area contributed by atoms with E-state index in [1.807, 2.05) is 5.38 Å². The molecule has 2 aliphatic carbocycles. The van der Waals surface area contributed by atoms with Gasteiger partial charge in [-0.25, -0.2) is 24.7 Å². The average Bonchev–Trinajstić information content (AvgIpc) is 3.42. The zero-order valence-corrected chi connectivity index (χ0v) is 20.9. The molecule has 5 rings (SSSR count). The van der Waals surface area contributed by atoms with Crippen LogP contribution in [0.15, 0.2) is 11.6 Å². The van der Waals surface area contributed by atoms with E-state index in [0.29, 0.717) is 23.3 Å². The van der Waals surface area contributed by atoms with Crippen molar-refractivity contribution in [2.75, 3.05) is 5.32 Å². The highest BCUT2D eigenvalue weighted by molar-refractivity contribution is 7.13. The summed E-state index contributed by atoms with van der Waals surface area (Å²) in [5.74, 6) is 2.84. The van der Waals surface area contributed by atoms with E-state index in [-0.39, 0.29) is 17.7 Å². The molecule has 2 fully saturated rings. The zero-order valence-electron chi connectivity index (χ0n) is 20.1. The Morgan fingerprint density at radius 2 is 2.00 bits per heavy atom. The van der Waals surface area contributed by atoms with Gasteiger partial charge in [-0.3, -0.25) is 10.7 Å². The summed E-state index contributed by atoms with van der Waals surface area (Å²) in [4.78, 5) is 29.7. The third-order valence-electron chi connectivity index (χ3n) is 7.48. The first-order valence-corrected chi connectivity index (χ1v) is 13.3. The van der Waals surface area contributed by atoms with Gasteiger partial charge in [-0.15, -0.1) is 11.3 Å². The molecule has 0 radical (unpaired) electrons. The van der Waals surface area contributed by atoms with Crippen LogP contribution in [-0.4, -0.2) is 47.6 Å². The van der Waals surface area contributed by atoms with Crippen LogP contribution < -0.4 is 10.6 Å². The Morgan fingerprint density at radius 1 is 1.23 bits per heavy atom. The highest BCUT2D eigenvalue weighted by Crippen LogP contribution is 2.36. The summed E-state index contributed by atoms with van der Waals surface area (Å²) >= 11 is 1.53. The fourth-order valence-electron chi connectivity index (χ4n) is 5.13. The van der Waals surface area contributed by atoms with Gasteiger partial charge in [0.05, 0.1) is 0 Å². The van der Waals surface area contributed by atoms with Crippen LogP contribution in [-0.2, 0) is 6.54 Å². The van der Waals surface area contributed by atoms with Gasteiger partial charge in [-0.1, -0.05) is 26.2 Å². The van der Waals surface area contributed by atoms with E-state index in [1.165, 1.54) is 56.3 Å². The highest BCUT2D eigenvalue weighted by atomic mass is 32.1. The molecule has 186 valence electrons. The van der Waals surface area contributed by atoms with E-state index in [9.17, 15) is 4.79 Å². The number of imidazole rings is 1. The summed E-state index contributed by atoms with van der Waals surface area (Å²) in [6.45, 7) is 5.28. The van der Waals surface area contributed by atoms with Gasteiger partial charge < -0.3 is 15.0 Å². The second-order valence-electron chi connectivity index (χ2n) is 10.0. The number of nitrogens with zero attached hydrogens (tertiary/aromatic N) is 5. The van der Waals surface area contributed by atoms with Crippen molar-refractivity contribution in [3.8, 4) is 10.8 Å². The maximum atomic E-state index is 11.2. The van der Waals surface area contributed by atoms with Crippen LogP contribution in [0, 0.1) is 23.2 Å². The van der Waals surface area contributed by atoms with Crippen molar-refractivity contribution in [2.45, 2.75) is 71.4 Å². The van der Waals surface area contributed by atoms with Crippen LogP contribution in [0.3, 0.4) is 0 Å². The molecule has 2 aliphatic rings. The molecule has 0 bridgehead atoms. The van der Waals surface area contributed by atoms with Crippen molar-refractivity contribution < 1.29 is 9.90 Å². The molecule has 0 aliphatic heterocycles. The van der Waals surface area contributed by atoms with Crippen LogP contribution in [0.1, 0.15) is 64.6 Å². The zero-order chi connectivity index (χ0) is 24.5. The van der Waals surface area contributed by atoms with Crippen LogP contribution in [0.2, 0.25) is 0 Å². The van der Waals surface area contributed by atoms with Gasteiger partial charge in [0.2, 0.25) is 0 Å². The molecular weight excluding hydrogens is 464 g/mol. The smallest absolute Gasteiger partial charge is 0.410 e. The van der Waals surface area contributed by atoms with Crippen molar-refractivity contribution in [2.24, 2.45) is 17.8 Å². The van der Waals surface area contributed by atoms with Crippen molar-refractivity contribution in [3.05, 3.63) is 17.4 Å². The molecule has 3 aromatic rings. The monoisotopic (exact) mass is 496 g/mol. The fraction of sp³-hybridized carbons (Fsp3) is 0.583. The molecule has 10 nitrogen and oxygen atoms in total. The lowest BCUT2D eigenvalue weighted by atomic mass is 9.80. The third kappa shape index (κ3) is 5.00. The number of hydrogen-bond acceptors (Lipinski definition) is 8. The number of fused-ring (bicyclic) bond motifs is 1. The van der Waals surface area contributed by atoms with E-state index in [4.69, 9.17) is 15.5 Å². The van der Waals surface area contributed by atoms with Gasteiger partial charge in [0.25, 0.3) is 0 Å². The Balaban J connectivity index is 1.61. The van der Waals surface area contributed by atoms with E-state index in [2.05, 4.69) is 44.0 Å². The minimum absolute atomic E-state index is 0.00467. The number of amidine groups is 1. The average molecular weight is 497 g/mol. The quantitative estimate of drug-likeness (QED) is 0.267. The standard InChI is InChI=1S/C24H32N8O2S/c1-13-6-8-15(9-7-13)12-32-17-19(27-14(2)16-4-3-5-16)29-21(18(25)28-24(33)34)30-20(17)31-22(32)23-26-10-11-35-23/h10-11,13-16H,3-9,12H2,1-2H3,(H2,25,28)(H,33,34)(H,27,29,30)/t13?,14-,15?/m1/s1. The van der Waals surface area contributed by atoms with E-state index in [1.54, 1.807) is 6.20 Å². The summed E-state index contributed by atoms with van der Waals surface area (Å²) in [5, 5.41) is 25.7. The van der Waals surface area contributed by atoms with E-state index in [0.717, 1.165) is 28.8 Å². The van der Waals surface area contributed by atoms with Crippen LogP contribution in [0.25, 0.3) is 22.0 Å². The molecule has 0 aromatic carbocycles. The molecule has 0 spiro atoms. The van der Waals surface area contributed by atoms with Crippen LogP contribution in [0.4, 0.5) is 10.6 Å².